The van der Waals surface area contributed by atoms with E-state index in [0.29, 0.717) is 0 Å². The van der Waals surface area contributed by atoms with Gasteiger partial charge in [-0.2, -0.15) is 0 Å². The van der Waals surface area contributed by atoms with Gasteiger partial charge in [0, 0.05) is 12.6 Å². The lowest BCUT2D eigenvalue weighted by molar-refractivity contribution is 0.125. The van der Waals surface area contributed by atoms with Crippen molar-refractivity contribution in [1.82, 2.24) is 4.90 Å². The molecule has 2 atom stereocenters. The molecule has 0 aromatic carbocycles. The maximum absolute atomic E-state index is 5.76. The van der Waals surface area contributed by atoms with Crippen LogP contribution in [0.3, 0.4) is 0 Å². The number of likely N-dealkylation sites (tertiary alicyclic amines) is 1. The standard InChI is InChI=1S/C13H28N2/c1-11(2)6-7-12(3)15-8-4-5-13(9-14)10-15/h11-13H,4-10,14H2,1-3H3. The van der Waals surface area contributed by atoms with E-state index in [0.717, 1.165) is 24.4 Å². The monoisotopic (exact) mass is 212 g/mol. The highest BCUT2D eigenvalue weighted by atomic mass is 15.2. The van der Waals surface area contributed by atoms with Crippen molar-refractivity contribution >= 4 is 0 Å². The van der Waals surface area contributed by atoms with Crippen LogP contribution in [0.15, 0.2) is 0 Å². The fourth-order valence-corrected chi connectivity index (χ4v) is 2.45. The van der Waals surface area contributed by atoms with Gasteiger partial charge in [-0.15, -0.1) is 0 Å². The predicted octanol–water partition coefficient (Wildman–Crippen LogP) is 2.48. The highest BCUT2D eigenvalue weighted by Crippen LogP contribution is 2.20. The number of piperidine rings is 1. The van der Waals surface area contributed by atoms with E-state index in [1.807, 2.05) is 0 Å². The van der Waals surface area contributed by atoms with Crippen LogP contribution in [-0.4, -0.2) is 30.6 Å². The summed E-state index contributed by atoms with van der Waals surface area (Å²) in [6.45, 7) is 10.4. The van der Waals surface area contributed by atoms with E-state index < -0.39 is 0 Å². The Morgan fingerprint density at radius 1 is 1.27 bits per heavy atom. The van der Waals surface area contributed by atoms with Gasteiger partial charge in [-0.05, 0) is 57.5 Å². The summed E-state index contributed by atoms with van der Waals surface area (Å²) in [4.78, 5) is 2.64. The van der Waals surface area contributed by atoms with Crippen LogP contribution in [0.25, 0.3) is 0 Å². The highest BCUT2D eigenvalue weighted by Gasteiger charge is 2.22. The largest absolute Gasteiger partial charge is 0.330 e. The third kappa shape index (κ3) is 4.52. The molecule has 1 heterocycles. The zero-order valence-corrected chi connectivity index (χ0v) is 10.7. The second-order valence-corrected chi connectivity index (χ2v) is 5.56. The van der Waals surface area contributed by atoms with Crippen LogP contribution in [0.4, 0.5) is 0 Å². The first-order valence-corrected chi connectivity index (χ1v) is 6.57. The first-order valence-electron chi connectivity index (χ1n) is 6.57. The molecule has 1 aliphatic rings. The molecule has 0 bridgehead atoms. The molecule has 0 amide bonds. The van der Waals surface area contributed by atoms with E-state index in [-0.39, 0.29) is 0 Å². The molecule has 2 unspecified atom stereocenters. The molecule has 2 N–H and O–H groups in total. The van der Waals surface area contributed by atoms with Crippen molar-refractivity contribution in [2.24, 2.45) is 17.6 Å². The fourth-order valence-electron chi connectivity index (χ4n) is 2.45. The first-order chi connectivity index (χ1) is 7.13. The Hall–Kier alpha value is -0.0800. The Morgan fingerprint density at radius 2 is 2.00 bits per heavy atom. The summed E-state index contributed by atoms with van der Waals surface area (Å²) < 4.78 is 0. The highest BCUT2D eigenvalue weighted by molar-refractivity contribution is 4.77. The average Bonchev–Trinajstić information content (AvgIpc) is 2.26. The zero-order valence-electron chi connectivity index (χ0n) is 10.7. The fraction of sp³-hybridized carbons (Fsp3) is 1.00. The quantitative estimate of drug-likeness (QED) is 0.758. The second kappa shape index (κ2) is 6.49. The molecule has 0 aliphatic carbocycles. The molecule has 0 aromatic heterocycles. The van der Waals surface area contributed by atoms with Crippen LogP contribution in [0.2, 0.25) is 0 Å². The van der Waals surface area contributed by atoms with E-state index in [1.54, 1.807) is 0 Å². The number of hydrogen-bond acceptors (Lipinski definition) is 2. The molecule has 0 radical (unpaired) electrons. The van der Waals surface area contributed by atoms with E-state index >= 15 is 0 Å². The maximum atomic E-state index is 5.76. The van der Waals surface area contributed by atoms with Crippen LogP contribution in [0.1, 0.15) is 46.5 Å². The lowest BCUT2D eigenvalue weighted by atomic mass is 9.95. The Morgan fingerprint density at radius 3 is 2.60 bits per heavy atom. The number of nitrogens with zero attached hydrogens (tertiary/aromatic N) is 1. The molecule has 1 fully saturated rings. The van der Waals surface area contributed by atoms with Crippen molar-refractivity contribution in [3.8, 4) is 0 Å². The van der Waals surface area contributed by atoms with E-state index in [9.17, 15) is 0 Å². The minimum Gasteiger partial charge on any atom is -0.330 e. The third-order valence-electron chi connectivity index (χ3n) is 3.67. The molecule has 2 nitrogen and oxygen atoms in total. The molecule has 0 spiro atoms. The van der Waals surface area contributed by atoms with Crippen molar-refractivity contribution in [3.63, 3.8) is 0 Å². The van der Waals surface area contributed by atoms with Gasteiger partial charge >= 0.3 is 0 Å². The summed E-state index contributed by atoms with van der Waals surface area (Å²) in [6, 6.07) is 0.752. The van der Waals surface area contributed by atoms with Crippen LogP contribution >= 0.6 is 0 Å². The number of rotatable bonds is 5. The molecule has 15 heavy (non-hydrogen) atoms. The lowest BCUT2D eigenvalue weighted by Gasteiger charge is -2.36. The summed E-state index contributed by atoms with van der Waals surface area (Å²) in [5.74, 6) is 1.59. The number of nitrogens with two attached hydrogens (primary N) is 1. The maximum Gasteiger partial charge on any atom is 0.00671 e. The van der Waals surface area contributed by atoms with Gasteiger partial charge in [-0.3, -0.25) is 0 Å². The summed E-state index contributed by atoms with van der Waals surface area (Å²) in [6.07, 6.45) is 5.37. The minimum absolute atomic E-state index is 0.750. The minimum atomic E-state index is 0.750. The second-order valence-electron chi connectivity index (χ2n) is 5.56. The van der Waals surface area contributed by atoms with Crippen LogP contribution in [0, 0.1) is 11.8 Å². The third-order valence-corrected chi connectivity index (χ3v) is 3.67. The van der Waals surface area contributed by atoms with Crippen LogP contribution < -0.4 is 5.73 Å². The molecular formula is C13H28N2. The van der Waals surface area contributed by atoms with Crippen LogP contribution in [-0.2, 0) is 0 Å². The van der Waals surface area contributed by atoms with Gasteiger partial charge < -0.3 is 10.6 Å². The van der Waals surface area contributed by atoms with Gasteiger partial charge in [0.2, 0.25) is 0 Å². The Kier molecular flexibility index (Phi) is 5.62. The van der Waals surface area contributed by atoms with Gasteiger partial charge in [-0.25, -0.2) is 0 Å². The zero-order chi connectivity index (χ0) is 11.3. The smallest absolute Gasteiger partial charge is 0.00671 e. The molecular weight excluding hydrogens is 184 g/mol. The average molecular weight is 212 g/mol. The predicted molar refractivity (Wildman–Crippen MR) is 66.9 cm³/mol. The lowest BCUT2D eigenvalue weighted by Crippen LogP contribution is -2.43. The summed E-state index contributed by atoms with van der Waals surface area (Å²) >= 11 is 0. The SMILES string of the molecule is CC(C)CCC(C)N1CCCC(CN)C1. The first kappa shape index (κ1) is 13.0. The summed E-state index contributed by atoms with van der Waals surface area (Å²) in [5, 5.41) is 0. The van der Waals surface area contributed by atoms with Gasteiger partial charge in [0.25, 0.3) is 0 Å². The Bertz CT molecular complexity index is 168. The molecule has 2 heteroatoms. The number of hydrogen-bond donors (Lipinski definition) is 1. The molecule has 90 valence electrons. The van der Waals surface area contributed by atoms with E-state index in [1.165, 1.54) is 38.8 Å². The topological polar surface area (TPSA) is 29.3 Å². The Balaban J connectivity index is 2.28. The van der Waals surface area contributed by atoms with Crippen molar-refractivity contribution in [3.05, 3.63) is 0 Å². The van der Waals surface area contributed by atoms with Gasteiger partial charge in [0.1, 0.15) is 0 Å². The van der Waals surface area contributed by atoms with Crippen molar-refractivity contribution in [1.29, 1.82) is 0 Å². The normalized spacial score (nSPS) is 25.8. The van der Waals surface area contributed by atoms with Gasteiger partial charge in [0.05, 0.1) is 0 Å². The van der Waals surface area contributed by atoms with Crippen molar-refractivity contribution in [2.75, 3.05) is 19.6 Å². The molecule has 1 aliphatic heterocycles. The summed E-state index contributed by atoms with van der Waals surface area (Å²) in [5.41, 5.74) is 5.76. The summed E-state index contributed by atoms with van der Waals surface area (Å²) in [7, 11) is 0. The van der Waals surface area contributed by atoms with Crippen molar-refractivity contribution in [2.45, 2.75) is 52.5 Å². The molecule has 0 aromatic rings. The van der Waals surface area contributed by atoms with E-state index in [4.69, 9.17) is 5.73 Å². The van der Waals surface area contributed by atoms with Crippen molar-refractivity contribution < 1.29 is 0 Å². The molecule has 0 saturated carbocycles. The van der Waals surface area contributed by atoms with Crippen LogP contribution in [0.5, 0.6) is 0 Å². The van der Waals surface area contributed by atoms with E-state index in [2.05, 4.69) is 25.7 Å². The van der Waals surface area contributed by atoms with Gasteiger partial charge in [-0.1, -0.05) is 13.8 Å². The van der Waals surface area contributed by atoms with Gasteiger partial charge in [0.15, 0.2) is 0 Å². The molecule has 1 rings (SSSR count). The molecule has 1 saturated heterocycles. The Labute approximate surface area is 95.2 Å².